The summed E-state index contributed by atoms with van der Waals surface area (Å²) in [4.78, 5) is 46.6. The summed E-state index contributed by atoms with van der Waals surface area (Å²) in [7, 11) is 2.00. The molecular formula is C33H41FN4O4S. The predicted molar refractivity (Wildman–Crippen MR) is 167 cm³/mol. The number of thiazole rings is 1. The van der Waals surface area contributed by atoms with Gasteiger partial charge in [0.1, 0.15) is 11.9 Å². The summed E-state index contributed by atoms with van der Waals surface area (Å²) in [5.74, 6) is -2.73. The first-order valence-electron chi connectivity index (χ1n) is 14.6. The van der Waals surface area contributed by atoms with E-state index in [4.69, 9.17) is 0 Å². The van der Waals surface area contributed by atoms with Gasteiger partial charge < -0.3 is 20.6 Å². The zero-order chi connectivity index (χ0) is 31.6. The van der Waals surface area contributed by atoms with Crippen LogP contribution in [0.1, 0.15) is 80.9 Å². The van der Waals surface area contributed by atoms with Crippen molar-refractivity contribution in [2.45, 2.75) is 79.4 Å². The van der Waals surface area contributed by atoms with Gasteiger partial charge in [-0.05, 0) is 93.5 Å². The molecule has 0 spiro atoms. The van der Waals surface area contributed by atoms with Gasteiger partial charge >= 0.3 is 5.97 Å². The van der Waals surface area contributed by atoms with Gasteiger partial charge in [-0.3, -0.25) is 14.4 Å². The topological polar surface area (TPSA) is 112 Å². The number of aryl methyl sites for hydroxylation is 4. The van der Waals surface area contributed by atoms with Crippen molar-refractivity contribution in [3.63, 3.8) is 0 Å². The zero-order valence-corrected chi connectivity index (χ0v) is 26.7. The van der Waals surface area contributed by atoms with Gasteiger partial charge in [0.05, 0.1) is 18.2 Å². The lowest BCUT2D eigenvalue weighted by atomic mass is 9.89. The lowest BCUT2D eigenvalue weighted by Crippen LogP contribution is -2.48. The molecule has 0 saturated carbocycles. The number of aliphatic carboxylic acids is 1. The number of nitrogens with one attached hydrogen (secondary N) is 2. The van der Waals surface area contributed by atoms with Gasteiger partial charge in [-0.25, -0.2) is 9.37 Å². The Labute approximate surface area is 256 Å². The number of carboxylic acid groups (broad SMARTS) is 1. The number of rotatable bonds is 10. The van der Waals surface area contributed by atoms with Crippen molar-refractivity contribution < 1.29 is 23.9 Å². The molecule has 2 aromatic carbocycles. The summed E-state index contributed by atoms with van der Waals surface area (Å²) in [6, 6.07) is 5.37. The fourth-order valence-electron chi connectivity index (χ4n) is 5.87. The number of hydrogen-bond donors (Lipinski definition) is 3. The van der Waals surface area contributed by atoms with Gasteiger partial charge in [0.15, 0.2) is 5.01 Å². The Kier molecular flexibility index (Phi) is 10.0. The van der Waals surface area contributed by atoms with Gasteiger partial charge in [-0.15, -0.1) is 11.3 Å². The number of aromatic nitrogens is 1. The smallest absolute Gasteiger partial charge is 0.305 e. The van der Waals surface area contributed by atoms with E-state index in [-0.39, 0.29) is 11.5 Å². The molecule has 3 N–H and O–H groups in total. The minimum Gasteiger partial charge on any atom is -0.481 e. The lowest BCUT2D eigenvalue weighted by Gasteiger charge is -2.25. The van der Waals surface area contributed by atoms with Crippen LogP contribution < -0.4 is 10.6 Å². The van der Waals surface area contributed by atoms with Crippen LogP contribution in [0.3, 0.4) is 0 Å². The predicted octanol–water partition coefficient (Wildman–Crippen LogP) is 5.65. The first kappa shape index (κ1) is 32.3. The molecule has 0 fully saturated rings. The van der Waals surface area contributed by atoms with Crippen LogP contribution in [0.25, 0.3) is 11.1 Å². The summed E-state index contributed by atoms with van der Waals surface area (Å²) in [6.45, 7) is 13.0. The van der Waals surface area contributed by atoms with Gasteiger partial charge in [0.2, 0.25) is 5.91 Å². The maximum atomic E-state index is 15.7. The SMILES string of the molecule is Cc1cc(C)c(-c2cc(C)c(F)c([C@H](CC(=O)O)NC(=O)[C@H](CC(C)C)NC(=O)c3nc4c(s3)CCN(C)C4)c2)c(C)c1. The fourth-order valence-corrected chi connectivity index (χ4v) is 6.83. The van der Waals surface area contributed by atoms with Gasteiger partial charge in [-0.1, -0.05) is 31.5 Å². The highest BCUT2D eigenvalue weighted by atomic mass is 32.1. The third-order valence-electron chi connectivity index (χ3n) is 7.76. The molecular weight excluding hydrogens is 567 g/mol. The summed E-state index contributed by atoms with van der Waals surface area (Å²) < 4.78 is 15.7. The Morgan fingerprint density at radius 3 is 2.35 bits per heavy atom. The lowest BCUT2D eigenvalue weighted by molar-refractivity contribution is -0.137. The van der Waals surface area contributed by atoms with Crippen molar-refractivity contribution in [1.82, 2.24) is 20.5 Å². The number of benzene rings is 2. The maximum absolute atomic E-state index is 15.7. The second-order valence-corrected chi connectivity index (χ2v) is 13.2. The Morgan fingerprint density at radius 1 is 1.05 bits per heavy atom. The van der Waals surface area contributed by atoms with E-state index in [0.717, 1.165) is 51.4 Å². The second kappa shape index (κ2) is 13.3. The molecule has 8 nitrogen and oxygen atoms in total. The van der Waals surface area contributed by atoms with E-state index in [0.29, 0.717) is 23.5 Å². The Bertz CT molecular complexity index is 1530. The number of hydrogen-bond acceptors (Lipinski definition) is 6. The van der Waals surface area contributed by atoms with Crippen LogP contribution in [0.4, 0.5) is 4.39 Å². The highest BCUT2D eigenvalue weighted by Crippen LogP contribution is 2.34. The molecule has 10 heteroatoms. The zero-order valence-electron chi connectivity index (χ0n) is 25.9. The van der Waals surface area contributed by atoms with Crippen molar-refractivity contribution in [2.75, 3.05) is 13.6 Å². The van der Waals surface area contributed by atoms with Crippen LogP contribution in [0.2, 0.25) is 0 Å². The monoisotopic (exact) mass is 608 g/mol. The number of amides is 2. The number of nitrogens with zero attached hydrogens (tertiary/aromatic N) is 2. The Hall–Kier alpha value is -3.63. The number of carboxylic acids is 1. The molecule has 230 valence electrons. The van der Waals surface area contributed by atoms with Crippen LogP contribution in [-0.4, -0.2) is 52.4 Å². The van der Waals surface area contributed by atoms with Crippen molar-refractivity contribution in [3.8, 4) is 11.1 Å². The van der Waals surface area contributed by atoms with E-state index in [1.165, 1.54) is 11.3 Å². The molecule has 2 atom stereocenters. The third-order valence-corrected chi connectivity index (χ3v) is 8.92. The Morgan fingerprint density at radius 2 is 1.72 bits per heavy atom. The summed E-state index contributed by atoms with van der Waals surface area (Å²) in [5.41, 5.74) is 6.15. The number of likely N-dealkylation sites (N-methyl/N-ethyl adjacent to an activating group) is 1. The highest BCUT2D eigenvalue weighted by Gasteiger charge is 2.30. The molecule has 43 heavy (non-hydrogen) atoms. The molecule has 2 amide bonds. The number of carbonyl (C=O) groups excluding carboxylic acids is 2. The van der Waals surface area contributed by atoms with Crippen LogP contribution >= 0.6 is 11.3 Å². The van der Waals surface area contributed by atoms with Crippen molar-refractivity contribution in [2.24, 2.45) is 5.92 Å². The number of halogens is 1. The molecule has 4 rings (SSSR count). The normalized spacial score (nSPS) is 14.7. The third kappa shape index (κ3) is 7.67. The highest BCUT2D eigenvalue weighted by molar-refractivity contribution is 7.13. The van der Waals surface area contributed by atoms with Gasteiger partial charge in [-0.2, -0.15) is 0 Å². The standard InChI is InChI=1S/C33H41FN4O4S/c1-17(2)10-25(36-32(42)33-37-26-16-38(7)9-8-27(26)43-33)31(41)35-24(15-28(39)40)23-14-22(13-21(6)30(23)34)29-19(4)11-18(3)12-20(29)5/h11-14,17,24-25H,8-10,15-16H2,1-7H3,(H,35,41)(H,36,42)(H,39,40)/t24-,25-/m0/s1. The number of carbonyl (C=O) groups is 3. The van der Waals surface area contributed by atoms with E-state index in [1.54, 1.807) is 19.1 Å². The average molecular weight is 609 g/mol. The fraction of sp³-hybridized carbons (Fsp3) is 0.455. The summed E-state index contributed by atoms with van der Waals surface area (Å²) >= 11 is 1.33. The van der Waals surface area contributed by atoms with Gasteiger partial charge in [0.25, 0.3) is 5.91 Å². The molecule has 0 saturated heterocycles. The van der Waals surface area contributed by atoms with Crippen LogP contribution in [0.5, 0.6) is 0 Å². The first-order chi connectivity index (χ1) is 20.2. The van der Waals surface area contributed by atoms with Crippen molar-refractivity contribution in [3.05, 3.63) is 73.5 Å². The van der Waals surface area contributed by atoms with E-state index >= 15 is 4.39 Å². The van der Waals surface area contributed by atoms with Crippen LogP contribution in [0.15, 0.2) is 24.3 Å². The van der Waals surface area contributed by atoms with E-state index < -0.39 is 42.1 Å². The molecule has 0 aliphatic carbocycles. The molecule has 2 heterocycles. The summed E-state index contributed by atoms with van der Waals surface area (Å²) in [5, 5.41) is 15.6. The second-order valence-electron chi connectivity index (χ2n) is 12.2. The van der Waals surface area contributed by atoms with Gasteiger partial charge in [0, 0.05) is 23.5 Å². The van der Waals surface area contributed by atoms with E-state index in [1.807, 2.05) is 53.8 Å². The number of fused-ring (bicyclic) bond motifs is 1. The first-order valence-corrected chi connectivity index (χ1v) is 15.4. The largest absolute Gasteiger partial charge is 0.481 e. The van der Waals surface area contributed by atoms with Crippen molar-refractivity contribution in [1.29, 1.82) is 0 Å². The molecule has 0 unspecified atom stereocenters. The van der Waals surface area contributed by atoms with Crippen LogP contribution in [0, 0.1) is 39.4 Å². The van der Waals surface area contributed by atoms with E-state index in [2.05, 4.69) is 20.5 Å². The van der Waals surface area contributed by atoms with Crippen molar-refractivity contribution >= 4 is 29.1 Å². The summed E-state index contributed by atoms with van der Waals surface area (Å²) in [6.07, 6.45) is 0.607. The maximum Gasteiger partial charge on any atom is 0.305 e. The van der Waals surface area contributed by atoms with E-state index in [9.17, 15) is 19.5 Å². The molecule has 1 aromatic heterocycles. The van der Waals surface area contributed by atoms with Crippen LogP contribution in [-0.2, 0) is 22.6 Å². The molecule has 0 radical (unpaired) electrons. The molecule has 1 aliphatic rings. The minimum atomic E-state index is -1.18. The Balaban J connectivity index is 1.64. The molecule has 1 aliphatic heterocycles. The quantitative estimate of drug-likeness (QED) is 0.275. The minimum absolute atomic E-state index is 0.0434. The molecule has 3 aromatic rings. The molecule has 0 bridgehead atoms. The average Bonchev–Trinajstić information content (AvgIpc) is 3.32.